The highest BCUT2D eigenvalue weighted by atomic mass is 19.1. The van der Waals surface area contributed by atoms with Crippen LogP contribution in [0, 0.1) is 12.7 Å². The average Bonchev–Trinajstić information content (AvgIpc) is 3.47. The number of pyridine rings is 1. The molecule has 0 radical (unpaired) electrons. The third-order valence-corrected chi connectivity index (χ3v) is 5.20. The summed E-state index contributed by atoms with van der Waals surface area (Å²) in [7, 11) is 3.24. The zero-order chi connectivity index (χ0) is 22.1. The molecule has 0 aliphatic carbocycles. The fourth-order valence-electron chi connectivity index (χ4n) is 3.92. The minimum absolute atomic E-state index is 0.229. The van der Waals surface area contributed by atoms with Gasteiger partial charge in [0.25, 0.3) is 5.91 Å². The second kappa shape index (κ2) is 8.31. The molecular weight excluding hydrogens is 399 g/mol. The number of rotatable bonds is 3. The van der Waals surface area contributed by atoms with Gasteiger partial charge in [0.1, 0.15) is 11.0 Å². The lowest BCUT2D eigenvalue weighted by molar-refractivity contribution is 0.102. The molecule has 5 rings (SSSR count). The largest absolute Gasteiger partial charge is 0.370 e. The number of benzene rings is 1. The maximum atomic E-state index is 14.3. The average molecular weight is 424 g/mol. The topological polar surface area (TPSA) is 106 Å². The molecule has 1 fully saturated rings. The Balaban J connectivity index is 0.00000112. The summed E-state index contributed by atoms with van der Waals surface area (Å²) in [4.78, 5) is 20.8. The van der Waals surface area contributed by atoms with E-state index in [9.17, 15) is 9.18 Å². The van der Waals surface area contributed by atoms with E-state index in [-0.39, 0.29) is 11.6 Å². The zero-order valence-corrected chi connectivity index (χ0v) is 17.8. The van der Waals surface area contributed by atoms with Crippen LogP contribution in [0.3, 0.4) is 0 Å². The predicted molar refractivity (Wildman–Crippen MR) is 118 cm³/mol. The van der Waals surface area contributed by atoms with Gasteiger partial charge in [0, 0.05) is 38.6 Å². The number of nitrogens with one attached hydrogen (secondary N) is 1. The molecule has 1 saturated heterocycles. The van der Waals surface area contributed by atoms with Crippen molar-refractivity contribution in [3.8, 4) is 0 Å². The van der Waals surface area contributed by atoms with Crippen LogP contribution in [0.2, 0.25) is 0 Å². The van der Waals surface area contributed by atoms with Crippen LogP contribution in [-0.2, 0) is 7.05 Å². The number of hydrogen-bond acceptors (Lipinski definition) is 6. The number of halogens is 1. The summed E-state index contributed by atoms with van der Waals surface area (Å²) in [6.45, 7) is 3.74. The molecule has 0 unspecified atom stereocenters. The highest BCUT2D eigenvalue weighted by Gasteiger charge is 2.22. The molecule has 162 valence electrons. The number of imidazole rings is 1. The summed E-state index contributed by atoms with van der Waals surface area (Å²) in [5, 5.41) is 11.7. The zero-order valence-electron chi connectivity index (χ0n) is 17.8. The van der Waals surface area contributed by atoms with Crippen molar-refractivity contribution < 1.29 is 9.18 Å². The van der Waals surface area contributed by atoms with Crippen molar-refractivity contribution in [1.29, 1.82) is 0 Å². The molecule has 31 heavy (non-hydrogen) atoms. The van der Waals surface area contributed by atoms with Crippen molar-refractivity contribution in [2.24, 2.45) is 12.8 Å². The molecule has 1 aromatic carbocycles. The molecule has 9 nitrogen and oxygen atoms in total. The fraction of sp³-hybridized carbons (Fsp3) is 0.333. The second-order valence-electron chi connectivity index (χ2n) is 7.36. The maximum absolute atomic E-state index is 14.3. The van der Waals surface area contributed by atoms with Crippen molar-refractivity contribution >= 4 is 34.0 Å². The van der Waals surface area contributed by atoms with Gasteiger partial charge in [-0.3, -0.25) is 4.79 Å². The first-order chi connectivity index (χ1) is 15.0. The lowest BCUT2D eigenvalue weighted by Crippen LogP contribution is -2.19. The number of anilines is 2. The van der Waals surface area contributed by atoms with Crippen molar-refractivity contribution in [2.45, 2.75) is 19.8 Å². The Morgan fingerprint density at radius 3 is 2.58 bits per heavy atom. The number of carbonyl (C=O) groups is 1. The third kappa shape index (κ3) is 3.81. The first-order valence-corrected chi connectivity index (χ1v) is 10.1. The van der Waals surface area contributed by atoms with Crippen LogP contribution in [0.1, 0.15) is 28.9 Å². The lowest BCUT2D eigenvalue weighted by atomic mass is 10.1. The number of nitrogens with two attached hydrogens (primary N) is 1. The number of aryl methyl sites for hydroxylation is 2. The quantitative estimate of drug-likeness (QED) is 0.523. The molecule has 4 heterocycles. The van der Waals surface area contributed by atoms with E-state index >= 15 is 0 Å². The molecule has 1 amide bonds. The van der Waals surface area contributed by atoms with E-state index in [1.165, 1.54) is 17.9 Å². The number of aromatic nitrogens is 5. The Morgan fingerprint density at radius 2 is 1.84 bits per heavy atom. The van der Waals surface area contributed by atoms with E-state index in [0.29, 0.717) is 28.0 Å². The van der Waals surface area contributed by atoms with E-state index in [4.69, 9.17) is 0 Å². The van der Waals surface area contributed by atoms with Crippen LogP contribution in [-0.4, -0.2) is 50.4 Å². The van der Waals surface area contributed by atoms with E-state index < -0.39 is 5.82 Å². The summed E-state index contributed by atoms with van der Waals surface area (Å²) in [6.07, 6.45) is 5.64. The maximum Gasteiger partial charge on any atom is 0.258 e. The van der Waals surface area contributed by atoms with Crippen LogP contribution < -0.4 is 16.0 Å². The Kier molecular flexibility index (Phi) is 5.55. The fourth-order valence-corrected chi connectivity index (χ4v) is 3.92. The van der Waals surface area contributed by atoms with Crippen molar-refractivity contribution in [1.82, 2.24) is 24.4 Å². The number of fused-ring (bicyclic) bond motifs is 2. The van der Waals surface area contributed by atoms with Gasteiger partial charge in [-0.2, -0.15) is 15.0 Å². The molecule has 1 aliphatic rings. The Labute approximate surface area is 178 Å². The van der Waals surface area contributed by atoms with Crippen molar-refractivity contribution in [3.05, 3.63) is 47.7 Å². The summed E-state index contributed by atoms with van der Waals surface area (Å²) in [6, 6.07) is 4.95. The third-order valence-electron chi connectivity index (χ3n) is 5.20. The van der Waals surface area contributed by atoms with Crippen LogP contribution >= 0.6 is 0 Å². The molecule has 10 heteroatoms. The molecule has 4 aromatic rings. The van der Waals surface area contributed by atoms with E-state index in [1.807, 2.05) is 6.07 Å². The van der Waals surface area contributed by atoms with Crippen LogP contribution in [0.25, 0.3) is 16.7 Å². The van der Waals surface area contributed by atoms with Gasteiger partial charge < -0.3 is 20.4 Å². The van der Waals surface area contributed by atoms with Crippen LogP contribution in [0.5, 0.6) is 0 Å². The van der Waals surface area contributed by atoms with Gasteiger partial charge in [-0.1, -0.05) is 0 Å². The highest BCUT2D eigenvalue weighted by Crippen LogP contribution is 2.30. The first kappa shape index (κ1) is 20.7. The molecule has 0 spiro atoms. The minimum Gasteiger partial charge on any atom is -0.370 e. The second-order valence-corrected chi connectivity index (χ2v) is 7.36. The molecule has 3 N–H and O–H groups in total. The minimum atomic E-state index is -0.495. The number of hydrogen-bond donors (Lipinski definition) is 2. The van der Waals surface area contributed by atoms with E-state index in [1.54, 1.807) is 36.8 Å². The normalized spacial score (nSPS) is 13.5. The molecule has 0 atom stereocenters. The van der Waals surface area contributed by atoms with Crippen LogP contribution in [0.4, 0.5) is 15.8 Å². The van der Waals surface area contributed by atoms with E-state index in [2.05, 4.69) is 31.1 Å². The molecule has 0 saturated carbocycles. The highest BCUT2D eigenvalue weighted by molar-refractivity contribution is 6.13. The SMILES string of the molecule is CN.Cc1cn2cc(NC(=O)c3ccc(N4CCCC4)c4nn(C)nc34)cc(F)c2n1. The monoisotopic (exact) mass is 424 g/mol. The molecule has 3 aromatic heterocycles. The first-order valence-electron chi connectivity index (χ1n) is 10.1. The Morgan fingerprint density at radius 1 is 1.13 bits per heavy atom. The van der Waals surface area contributed by atoms with Gasteiger partial charge in [0.05, 0.1) is 22.6 Å². The number of carbonyl (C=O) groups excluding carboxylic acids is 1. The summed E-state index contributed by atoms with van der Waals surface area (Å²) < 4.78 is 15.9. The lowest BCUT2D eigenvalue weighted by Gasteiger charge is -2.18. The number of amides is 1. The van der Waals surface area contributed by atoms with Gasteiger partial charge in [0.2, 0.25) is 0 Å². The molecule has 0 bridgehead atoms. The summed E-state index contributed by atoms with van der Waals surface area (Å²) in [5.41, 5.74) is 8.40. The number of nitrogens with zero attached hydrogens (tertiary/aromatic N) is 6. The Bertz CT molecular complexity index is 1260. The van der Waals surface area contributed by atoms with Gasteiger partial charge in [-0.15, -0.1) is 0 Å². The van der Waals surface area contributed by atoms with Crippen molar-refractivity contribution in [3.63, 3.8) is 0 Å². The summed E-state index contributed by atoms with van der Waals surface area (Å²) in [5.74, 6) is -0.857. The Hall–Kier alpha value is -3.53. The predicted octanol–water partition coefficient (Wildman–Crippen LogP) is 2.49. The van der Waals surface area contributed by atoms with Gasteiger partial charge in [-0.25, -0.2) is 9.37 Å². The van der Waals surface area contributed by atoms with E-state index in [0.717, 1.165) is 31.6 Å². The molecular formula is C21H25FN8O. The summed E-state index contributed by atoms with van der Waals surface area (Å²) >= 11 is 0. The standard InChI is InChI=1S/C20H20FN7O.CH5N/c1-12-10-28-11-13(9-15(21)19(28)22-12)23-20(29)14-5-6-16(27-7-3-4-8-27)18-17(14)24-26(2)25-18;1-2/h5-6,9-11H,3-4,7-8H2,1-2H3,(H,23,29);2H2,1H3. The van der Waals surface area contributed by atoms with Crippen molar-refractivity contribution in [2.75, 3.05) is 30.4 Å². The smallest absolute Gasteiger partial charge is 0.258 e. The van der Waals surface area contributed by atoms with Gasteiger partial charge in [-0.05, 0) is 38.9 Å². The molecule has 1 aliphatic heterocycles. The van der Waals surface area contributed by atoms with Gasteiger partial charge >= 0.3 is 0 Å². The van der Waals surface area contributed by atoms with Gasteiger partial charge in [0.15, 0.2) is 11.5 Å². The van der Waals surface area contributed by atoms with Crippen LogP contribution in [0.15, 0.2) is 30.6 Å².